The molecule has 0 saturated heterocycles. The Morgan fingerprint density at radius 1 is 1.37 bits per heavy atom. The number of nitrogen functional groups attached to an aromatic ring is 1. The number of carboxylic acid groups (broad SMARTS) is 1. The number of hydrogen-bond donors (Lipinski definition) is 3. The SMILES string of the molecule is Nc1ccc(C(=O)O)nc1NCCCCC(F)(F)F. The fourth-order valence-corrected chi connectivity index (χ4v) is 1.39. The van der Waals surface area contributed by atoms with E-state index in [1.165, 1.54) is 12.1 Å². The highest BCUT2D eigenvalue weighted by atomic mass is 19.4. The molecule has 4 N–H and O–H groups in total. The first-order chi connectivity index (χ1) is 8.79. The zero-order valence-corrected chi connectivity index (χ0v) is 10.00. The van der Waals surface area contributed by atoms with Crippen LogP contribution in [0.4, 0.5) is 24.7 Å². The molecular formula is C11H14F3N3O2. The van der Waals surface area contributed by atoms with Crippen molar-refractivity contribution in [1.82, 2.24) is 4.98 Å². The zero-order valence-electron chi connectivity index (χ0n) is 10.00. The van der Waals surface area contributed by atoms with E-state index in [0.717, 1.165) is 0 Å². The first kappa shape index (κ1) is 15.1. The zero-order chi connectivity index (χ0) is 14.5. The molecule has 1 aromatic rings. The van der Waals surface area contributed by atoms with Gasteiger partial charge in [0.15, 0.2) is 5.69 Å². The first-order valence-corrected chi connectivity index (χ1v) is 5.60. The maximum atomic E-state index is 11.9. The van der Waals surface area contributed by atoms with Crippen LogP contribution in [-0.4, -0.2) is 28.8 Å². The van der Waals surface area contributed by atoms with Crippen molar-refractivity contribution in [2.75, 3.05) is 17.6 Å². The maximum absolute atomic E-state index is 11.9. The van der Waals surface area contributed by atoms with Gasteiger partial charge >= 0.3 is 12.1 Å². The molecule has 0 atom stereocenters. The lowest BCUT2D eigenvalue weighted by molar-refractivity contribution is -0.135. The van der Waals surface area contributed by atoms with Crippen molar-refractivity contribution in [2.24, 2.45) is 0 Å². The van der Waals surface area contributed by atoms with E-state index in [-0.39, 0.29) is 36.6 Å². The molecule has 1 aromatic heterocycles. The number of unbranched alkanes of at least 4 members (excludes halogenated alkanes) is 1. The molecule has 0 aromatic carbocycles. The Kier molecular flexibility index (Phi) is 4.96. The Hall–Kier alpha value is -1.99. The van der Waals surface area contributed by atoms with Gasteiger partial charge in [-0.2, -0.15) is 13.2 Å². The fraction of sp³-hybridized carbons (Fsp3) is 0.455. The van der Waals surface area contributed by atoms with Gasteiger partial charge in [-0.05, 0) is 25.0 Å². The van der Waals surface area contributed by atoms with E-state index < -0.39 is 18.6 Å². The number of alkyl halides is 3. The summed E-state index contributed by atoms with van der Waals surface area (Å²) in [5.41, 5.74) is 5.65. The predicted octanol–water partition coefficient (Wildman–Crippen LogP) is 2.51. The van der Waals surface area contributed by atoms with Crippen molar-refractivity contribution in [3.8, 4) is 0 Å². The third kappa shape index (κ3) is 5.45. The Morgan fingerprint density at radius 2 is 2.05 bits per heavy atom. The molecule has 19 heavy (non-hydrogen) atoms. The Balaban J connectivity index is 2.45. The van der Waals surface area contributed by atoms with Crippen molar-refractivity contribution in [2.45, 2.75) is 25.4 Å². The molecule has 5 nitrogen and oxygen atoms in total. The molecule has 0 amide bonds. The van der Waals surface area contributed by atoms with Crippen LogP contribution in [0.5, 0.6) is 0 Å². The average molecular weight is 277 g/mol. The van der Waals surface area contributed by atoms with E-state index in [4.69, 9.17) is 10.8 Å². The van der Waals surface area contributed by atoms with E-state index in [0.29, 0.717) is 0 Å². The summed E-state index contributed by atoms with van der Waals surface area (Å²) < 4.78 is 35.7. The number of aromatic nitrogens is 1. The summed E-state index contributed by atoms with van der Waals surface area (Å²) in [5, 5.41) is 11.5. The minimum absolute atomic E-state index is 0.00493. The monoisotopic (exact) mass is 277 g/mol. The number of nitrogens with zero attached hydrogens (tertiary/aromatic N) is 1. The van der Waals surface area contributed by atoms with Gasteiger partial charge in [0.25, 0.3) is 0 Å². The maximum Gasteiger partial charge on any atom is 0.389 e. The minimum Gasteiger partial charge on any atom is -0.477 e. The molecule has 0 fully saturated rings. The molecule has 0 aliphatic rings. The highest BCUT2D eigenvalue weighted by molar-refractivity contribution is 5.86. The van der Waals surface area contributed by atoms with Gasteiger partial charge in [0.1, 0.15) is 5.82 Å². The summed E-state index contributed by atoms with van der Waals surface area (Å²) in [4.78, 5) is 14.5. The van der Waals surface area contributed by atoms with E-state index in [1.807, 2.05) is 0 Å². The highest BCUT2D eigenvalue weighted by Gasteiger charge is 2.25. The number of carboxylic acids is 1. The molecule has 0 aliphatic carbocycles. The van der Waals surface area contributed by atoms with Gasteiger partial charge in [-0.25, -0.2) is 9.78 Å². The van der Waals surface area contributed by atoms with Gasteiger partial charge in [-0.3, -0.25) is 0 Å². The van der Waals surface area contributed by atoms with E-state index in [9.17, 15) is 18.0 Å². The quantitative estimate of drug-likeness (QED) is 0.695. The average Bonchev–Trinajstić information content (AvgIpc) is 2.29. The van der Waals surface area contributed by atoms with Crippen LogP contribution in [0.15, 0.2) is 12.1 Å². The number of nitrogens with one attached hydrogen (secondary N) is 1. The third-order valence-electron chi connectivity index (χ3n) is 2.33. The number of hydrogen-bond acceptors (Lipinski definition) is 4. The number of anilines is 2. The molecule has 8 heteroatoms. The van der Waals surface area contributed by atoms with Gasteiger partial charge in [0.05, 0.1) is 5.69 Å². The summed E-state index contributed by atoms with van der Waals surface area (Å²) >= 11 is 0. The molecule has 106 valence electrons. The van der Waals surface area contributed by atoms with Crippen molar-refractivity contribution in [3.05, 3.63) is 17.8 Å². The fourth-order valence-electron chi connectivity index (χ4n) is 1.39. The largest absolute Gasteiger partial charge is 0.477 e. The molecule has 1 rings (SSSR count). The summed E-state index contributed by atoms with van der Waals surface area (Å²) in [7, 11) is 0. The minimum atomic E-state index is -4.15. The summed E-state index contributed by atoms with van der Waals surface area (Å²) in [6.45, 7) is 0.246. The summed E-state index contributed by atoms with van der Waals surface area (Å²) in [6.07, 6.45) is -4.71. The second-order valence-electron chi connectivity index (χ2n) is 3.94. The van der Waals surface area contributed by atoms with Crippen LogP contribution in [-0.2, 0) is 0 Å². The van der Waals surface area contributed by atoms with E-state index >= 15 is 0 Å². The number of rotatable bonds is 6. The predicted molar refractivity (Wildman–Crippen MR) is 64.0 cm³/mol. The van der Waals surface area contributed by atoms with Crippen LogP contribution < -0.4 is 11.1 Å². The normalized spacial score (nSPS) is 11.3. The summed E-state index contributed by atoms with van der Waals surface area (Å²) in [5.74, 6) is -1.02. The lowest BCUT2D eigenvalue weighted by Crippen LogP contribution is -2.11. The lowest BCUT2D eigenvalue weighted by Gasteiger charge is -2.09. The number of aromatic carboxylic acids is 1. The van der Waals surface area contributed by atoms with Crippen LogP contribution >= 0.6 is 0 Å². The number of pyridine rings is 1. The number of nitrogens with two attached hydrogens (primary N) is 1. The van der Waals surface area contributed by atoms with Crippen LogP contribution in [0.2, 0.25) is 0 Å². The van der Waals surface area contributed by atoms with E-state index in [2.05, 4.69) is 10.3 Å². The lowest BCUT2D eigenvalue weighted by atomic mass is 10.2. The molecule has 0 radical (unpaired) electrons. The number of halogens is 3. The van der Waals surface area contributed by atoms with Crippen LogP contribution in [0.3, 0.4) is 0 Å². The van der Waals surface area contributed by atoms with Gasteiger partial charge < -0.3 is 16.2 Å². The van der Waals surface area contributed by atoms with Crippen LogP contribution in [0.1, 0.15) is 29.8 Å². The molecule has 1 heterocycles. The second kappa shape index (κ2) is 6.26. The van der Waals surface area contributed by atoms with Gasteiger partial charge in [0, 0.05) is 13.0 Å². The van der Waals surface area contributed by atoms with Gasteiger partial charge in [-0.15, -0.1) is 0 Å². The molecule has 0 aliphatic heterocycles. The molecule has 0 bridgehead atoms. The van der Waals surface area contributed by atoms with Crippen LogP contribution in [0.25, 0.3) is 0 Å². The standard InChI is InChI=1S/C11H14F3N3O2/c12-11(13,14)5-1-2-6-16-9-7(15)3-4-8(17-9)10(18)19/h3-4H,1-2,5-6,15H2,(H,16,17)(H,18,19). The molecule has 0 spiro atoms. The number of carbonyl (C=O) groups is 1. The highest BCUT2D eigenvalue weighted by Crippen LogP contribution is 2.22. The molecule has 0 unspecified atom stereocenters. The Morgan fingerprint density at radius 3 is 2.63 bits per heavy atom. The summed E-state index contributed by atoms with van der Waals surface area (Å²) in [6, 6.07) is 2.64. The topological polar surface area (TPSA) is 88.2 Å². The second-order valence-corrected chi connectivity index (χ2v) is 3.94. The van der Waals surface area contributed by atoms with Crippen molar-refractivity contribution in [1.29, 1.82) is 0 Å². The van der Waals surface area contributed by atoms with Crippen LogP contribution in [0, 0.1) is 0 Å². The third-order valence-corrected chi connectivity index (χ3v) is 2.33. The van der Waals surface area contributed by atoms with Crippen molar-refractivity contribution in [3.63, 3.8) is 0 Å². The molecule has 0 saturated carbocycles. The van der Waals surface area contributed by atoms with E-state index in [1.54, 1.807) is 0 Å². The Labute approximate surface area is 107 Å². The first-order valence-electron chi connectivity index (χ1n) is 5.60. The van der Waals surface area contributed by atoms with Gasteiger partial charge in [-0.1, -0.05) is 0 Å². The van der Waals surface area contributed by atoms with Crippen molar-refractivity contribution >= 4 is 17.5 Å². The van der Waals surface area contributed by atoms with Gasteiger partial charge in [0.2, 0.25) is 0 Å². The van der Waals surface area contributed by atoms with Crippen molar-refractivity contribution < 1.29 is 23.1 Å². The Bertz CT molecular complexity index is 449. The smallest absolute Gasteiger partial charge is 0.389 e. The molecular weight excluding hydrogens is 263 g/mol.